The number of hydrogen-bond acceptors (Lipinski definition) is 4. The zero-order valence-corrected chi connectivity index (χ0v) is 12.0. The lowest BCUT2D eigenvalue weighted by Crippen LogP contribution is -2.45. The first-order chi connectivity index (χ1) is 8.47. The molecule has 19 heavy (non-hydrogen) atoms. The van der Waals surface area contributed by atoms with E-state index in [1.165, 1.54) is 13.8 Å². The standard InChI is InChI=1S/C12H22N2O5/c1-11(2,3)19-10(18)14-7-6-13-8(15)12(4,5)9(16)17/h6-7H2,1-5H3,(H,13,15)(H,14,18)(H,16,17). The molecule has 0 aliphatic heterocycles. The van der Waals surface area contributed by atoms with Crippen LogP contribution >= 0.6 is 0 Å². The van der Waals surface area contributed by atoms with Gasteiger partial charge in [-0.3, -0.25) is 9.59 Å². The second kappa shape index (κ2) is 6.40. The topological polar surface area (TPSA) is 105 Å². The van der Waals surface area contributed by atoms with Gasteiger partial charge in [0.05, 0.1) is 0 Å². The summed E-state index contributed by atoms with van der Waals surface area (Å²) < 4.78 is 4.99. The fraction of sp³-hybridized carbons (Fsp3) is 0.750. The number of carbonyl (C=O) groups is 3. The predicted molar refractivity (Wildman–Crippen MR) is 68.7 cm³/mol. The summed E-state index contributed by atoms with van der Waals surface area (Å²) in [5.74, 6) is -1.81. The molecule has 0 heterocycles. The molecule has 0 bridgehead atoms. The second-order valence-electron chi connectivity index (χ2n) is 5.61. The number of amides is 2. The van der Waals surface area contributed by atoms with Gasteiger partial charge in [-0.2, -0.15) is 0 Å². The van der Waals surface area contributed by atoms with Crippen LogP contribution in [0.1, 0.15) is 34.6 Å². The van der Waals surface area contributed by atoms with Gasteiger partial charge in [0.2, 0.25) is 5.91 Å². The summed E-state index contributed by atoms with van der Waals surface area (Å²) in [7, 11) is 0. The molecule has 0 unspecified atom stereocenters. The van der Waals surface area contributed by atoms with E-state index in [1.807, 2.05) is 0 Å². The number of carbonyl (C=O) groups excluding carboxylic acids is 2. The number of hydrogen-bond donors (Lipinski definition) is 3. The molecule has 0 aromatic heterocycles. The van der Waals surface area contributed by atoms with Gasteiger partial charge in [-0.1, -0.05) is 0 Å². The van der Waals surface area contributed by atoms with Gasteiger partial charge in [0.15, 0.2) is 0 Å². The van der Waals surface area contributed by atoms with Gasteiger partial charge in [-0.15, -0.1) is 0 Å². The van der Waals surface area contributed by atoms with E-state index in [9.17, 15) is 14.4 Å². The largest absolute Gasteiger partial charge is 0.480 e. The summed E-state index contributed by atoms with van der Waals surface area (Å²) in [6.45, 7) is 8.14. The van der Waals surface area contributed by atoms with Gasteiger partial charge < -0.3 is 20.5 Å². The van der Waals surface area contributed by atoms with Crippen LogP contribution in [0, 0.1) is 5.41 Å². The highest BCUT2D eigenvalue weighted by Gasteiger charge is 2.35. The summed E-state index contributed by atoms with van der Waals surface area (Å²) in [5, 5.41) is 13.7. The van der Waals surface area contributed by atoms with Gasteiger partial charge in [-0.05, 0) is 34.6 Å². The van der Waals surface area contributed by atoms with E-state index >= 15 is 0 Å². The fourth-order valence-electron chi connectivity index (χ4n) is 0.973. The fourth-order valence-corrected chi connectivity index (χ4v) is 0.973. The SMILES string of the molecule is CC(C)(C)OC(=O)NCCNC(=O)C(C)(C)C(=O)O. The quantitative estimate of drug-likeness (QED) is 0.506. The molecule has 0 aliphatic rings. The average Bonchev–Trinajstić information content (AvgIpc) is 2.21. The Morgan fingerprint density at radius 3 is 1.89 bits per heavy atom. The third-order valence-electron chi connectivity index (χ3n) is 2.18. The van der Waals surface area contributed by atoms with E-state index in [0.717, 1.165) is 0 Å². The summed E-state index contributed by atoms with van der Waals surface area (Å²) in [4.78, 5) is 33.6. The Bertz CT molecular complexity index is 358. The molecular formula is C12H22N2O5. The van der Waals surface area contributed by atoms with E-state index < -0.39 is 29.0 Å². The van der Waals surface area contributed by atoms with Crippen LogP contribution in [0.3, 0.4) is 0 Å². The van der Waals surface area contributed by atoms with Gasteiger partial charge >= 0.3 is 12.1 Å². The molecule has 0 radical (unpaired) electrons. The molecule has 7 nitrogen and oxygen atoms in total. The van der Waals surface area contributed by atoms with Crippen LogP contribution in [0.25, 0.3) is 0 Å². The molecule has 0 saturated heterocycles. The van der Waals surface area contributed by atoms with Gasteiger partial charge in [0.1, 0.15) is 11.0 Å². The molecule has 0 saturated carbocycles. The van der Waals surface area contributed by atoms with Crippen molar-refractivity contribution in [2.24, 2.45) is 5.41 Å². The van der Waals surface area contributed by atoms with Crippen LogP contribution in [-0.2, 0) is 14.3 Å². The van der Waals surface area contributed by atoms with Gasteiger partial charge in [0.25, 0.3) is 0 Å². The number of nitrogens with one attached hydrogen (secondary N) is 2. The Balaban J connectivity index is 3.97. The lowest BCUT2D eigenvalue weighted by Gasteiger charge is -2.20. The van der Waals surface area contributed by atoms with Crippen LogP contribution in [0.4, 0.5) is 4.79 Å². The highest BCUT2D eigenvalue weighted by Crippen LogP contribution is 2.14. The Morgan fingerprint density at radius 1 is 1.00 bits per heavy atom. The van der Waals surface area contributed by atoms with Crippen molar-refractivity contribution in [3.63, 3.8) is 0 Å². The number of ether oxygens (including phenoxy) is 1. The smallest absolute Gasteiger partial charge is 0.407 e. The van der Waals surface area contributed by atoms with E-state index in [4.69, 9.17) is 9.84 Å². The maximum Gasteiger partial charge on any atom is 0.407 e. The van der Waals surface area contributed by atoms with Crippen LogP contribution in [0.2, 0.25) is 0 Å². The van der Waals surface area contributed by atoms with Crippen LogP contribution in [-0.4, -0.2) is 41.8 Å². The molecule has 0 fully saturated rings. The summed E-state index contributed by atoms with van der Waals surface area (Å²) >= 11 is 0. The Hall–Kier alpha value is -1.79. The Kier molecular flexibility index (Phi) is 5.80. The Morgan fingerprint density at radius 2 is 1.47 bits per heavy atom. The molecule has 0 aromatic carbocycles. The zero-order valence-electron chi connectivity index (χ0n) is 12.0. The van der Waals surface area contributed by atoms with E-state index in [1.54, 1.807) is 20.8 Å². The molecule has 2 amide bonds. The average molecular weight is 274 g/mol. The molecule has 0 atom stereocenters. The molecular weight excluding hydrogens is 252 g/mol. The monoisotopic (exact) mass is 274 g/mol. The second-order valence-corrected chi connectivity index (χ2v) is 5.61. The molecule has 110 valence electrons. The van der Waals surface area contributed by atoms with Crippen LogP contribution in [0.5, 0.6) is 0 Å². The Labute approximate surface area is 112 Å². The lowest BCUT2D eigenvalue weighted by molar-refractivity contribution is -0.153. The van der Waals surface area contributed by atoms with Crippen molar-refractivity contribution < 1.29 is 24.2 Å². The number of carboxylic acids is 1. The lowest BCUT2D eigenvalue weighted by atomic mass is 9.93. The number of carboxylic acid groups (broad SMARTS) is 1. The normalized spacial score (nSPS) is 11.6. The van der Waals surface area contributed by atoms with E-state index in [-0.39, 0.29) is 13.1 Å². The first-order valence-electron chi connectivity index (χ1n) is 5.95. The van der Waals surface area contributed by atoms with Crippen molar-refractivity contribution in [2.45, 2.75) is 40.2 Å². The highest BCUT2D eigenvalue weighted by atomic mass is 16.6. The zero-order chi connectivity index (χ0) is 15.3. The predicted octanol–water partition coefficient (Wildman–Crippen LogP) is 0.738. The third-order valence-corrected chi connectivity index (χ3v) is 2.18. The third kappa shape index (κ3) is 6.64. The molecule has 0 rings (SSSR count). The summed E-state index contributed by atoms with van der Waals surface area (Å²) in [6, 6.07) is 0. The van der Waals surface area contributed by atoms with Gasteiger partial charge in [0, 0.05) is 13.1 Å². The molecule has 0 spiro atoms. The highest BCUT2D eigenvalue weighted by molar-refractivity contribution is 6.00. The van der Waals surface area contributed by atoms with Crippen molar-refractivity contribution in [3.05, 3.63) is 0 Å². The van der Waals surface area contributed by atoms with Crippen molar-refractivity contribution >= 4 is 18.0 Å². The van der Waals surface area contributed by atoms with Crippen molar-refractivity contribution in [1.29, 1.82) is 0 Å². The van der Waals surface area contributed by atoms with E-state index in [2.05, 4.69) is 10.6 Å². The minimum atomic E-state index is -1.49. The first kappa shape index (κ1) is 17.2. The summed E-state index contributed by atoms with van der Waals surface area (Å²) in [6.07, 6.45) is -0.584. The van der Waals surface area contributed by atoms with Crippen molar-refractivity contribution in [2.75, 3.05) is 13.1 Å². The molecule has 0 aromatic rings. The van der Waals surface area contributed by atoms with Gasteiger partial charge in [-0.25, -0.2) is 4.79 Å². The van der Waals surface area contributed by atoms with Crippen LogP contribution in [0.15, 0.2) is 0 Å². The number of alkyl carbamates (subject to hydrolysis) is 1. The molecule has 7 heteroatoms. The van der Waals surface area contributed by atoms with Crippen molar-refractivity contribution in [1.82, 2.24) is 10.6 Å². The summed E-state index contributed by atoms with van der Waals surface area (Å²) in [5.41, 5.74) is -2.08. The van der Waals surface area contributed by atoms with Crippen LogP contribution < -0.4 is 10.6 Å². The molecule has 3 N–H and O–H groups in total. The minimum Gasteiger partial charge on any atom is -0.480 e. The minimum absolute atomic E-state index is 0.134. The maximum absolute atomic E-state index is 11.5. The maximum atomic E-state index is 11.5. The number of aliphatic carboxylic acids is 1. The first-order valence-corrected chi connectivity index (χ1v) is 5.95. The molecule has 0 aliphatic carbocycles. The van der Waals surface area contributed by atoms with Crippen molar-refractivity contribution in [3.8, 4) is 0 Å². The van der Waals surface area contributed by atoms with E-state index in [0.29, 0.717) is 0 Å². The number of rotatable bonds is 5.